The van der Waals surface area contributed by atoms with Gasteiger partial charge in [-0.05, 0) is 39.7 Å². The van der Waals surface area contributed by atoms with Crippen molar-refractivity contribution in [2.75, 3.05) is 0 Å². The number of rotatable bonds is 3. The van der Waals surface area contributed by atoms with Gasteiger partial charge in [-0.1, -0.05) is 29.8 Å². The molecular formula is C14H21NO2. The highest BCUT2D eigenvalue weighted by atomic mass is 16.6. The molecule has 0 aromatic heterocycles. The van der Waals surface area contributed by atoms with E-state index in [-0.39, 0.29) is 5.97 Å². The maximum atomic E-state index is 11.7. The number of hydrogen-bond acceptors (Lipinski definition) is 3. The minimum atomic E-state index is -0.601. The molecule has 0 radical (unpaired) electrons. The molecule has 94 valence electrons. The van der Waals surface area contributed by atoms with E-state index in [2.05, 4.69) is 0 Å². The van der Waals surface area contributed by atoms with Crippen LogP contribution in [0.25, 0.3) is 0 Å². The van der Waals surface area contributed by atoms with Crippen LogP contribution in [0, 0.1) is 6.92 Å². The van der Waals surface area contributed by atoms with E-state index >= 15 is 0 Å². The highest BCUT2D eigenvalue weighted by Crippen LogP contribution is 2.11. The Kier molecular flexibility index (Phi) is 4.29. The molecule has 0 heterocycles. The van der Waals surface area contributed by atoms with Crippen LogP contribution in [-0.2, 0) is 16.0 Å². The molecule has 0 spiro atoms. The van der Waals surface area contributed by atoms with Gasteiger partial charge in [0.05, 0.1) is 0 Å². The van der Waals surface area contributed by atoms with E-state index < -0.39 is 11.6 Å². The summed E-state index contributed by atoms with van der Waals surface area (Å²) < 4.78 is 5.24. The third kappa shape index (κ3) is 5.00. The zero-order valence-electron chi connectivity index (χ0n) is 11.0. The second kappa shape index (κ2) is 5.32. The maximum Gasteiger partial charge on any atom is 0.323 e. The molecule has 17 heavy (non-hydrogen) atoms. The van der Waals surface area contributed by atoms with Gasteiger partial charge in [0, 0.05) is 0 Å². The van der Waals surface area contributed by atoms with Crippen molar-refractivity contribution in [1.82, 2.24) is 0 Å². The first-order chi connectivity index (χ1) is 7.78. The summed E-state index contributed by atoms with van der Waals surface area (Å²) in [5, 5.41) is 0. The highest BCUT2D eigenvalue weighted by molar-refractivity contribution is 5.76. The zero-order valence-corrected chi connectivity index (χ0v) is 11.0. The van der Waals surface area contributed by atoms with E-state index in [0.29, 0.717) is 6.42 Å². The maximum absolute atomic E-state index is 11.7. The molecule has 1 rings (SSSR count). The summed E-state index contributed by atoms with van der Waals surface area (Å²) in [6, 6.07) is 7.38. The van der Waals surface area contributed by atoms with Crippen LogP contribution < -0.4 is 5.73 Å². The number of aryl methyl sites for hydroxylation is 1. The second-order valence-corrected chi connectivity index (χ2v) is 5.33. The van der Waals surface area contributed by atoms with Gasteiger partial charge < -0.3 is 10.5 Å². The molecule has 1 aromatic rings. The van der Waals surface area contributed by atoms with Crippen LogP contribution >= 0.6 is 0 Å². The standard InChI is InChI=1S/C14H21NO2/c1-10-6-5-7-11(8-10)9-12(15)13(16)17-14(2,3)4/h5-8,12H,9,15H2,1-4H3. The van der Waals surface area contributed by atoms with E-state index in [1.165, 1.54) is 5.56 Å². The summed E-state index contributed by atoms with van der Waals surface area (Å²) in [5.41, 5.74) is 7.57. The smallest absolute Gasteiger partial charge is 0.323 e. The third-order valence-corrected chi connectivity index (χ3v) is 2.25. The number of nitrogens with two attached hydrogens (primary N) is 1. The molecular weight excluding hydrogens is 214 g/mol. The summed E-state index contributed by atoms with van der Waals surface area (Å²) in [6.07, 6.45) is 0.511. The molecule has 0 saturated carbocycles. The van der Waals surface area contributed by atoms with Crippen LogP contribution in [0.5, 0.6) is 0 Å². The van der Waals surface area contributed by atoms with Crippen molar-refractivity contribution in [1.29, 1.82) is 0 Å². The van der Waals surface area contributed by atoms with Gasteiger partial charge in [0.25, 0.3) is 0 Å². The lowest BCUT2D eigenvalue weighted by Crippen LogP contribution is -2.38. The number of esters is 1. The average Bonchev–Trinajstić information content (AvgIpc) is 2.14. The minimum Gasteiger partial charge on any atom is -0.459 e. The van der Waals surface area contributed by atoms with E-state index in [4.69, 9.17) is 10.5 Å². The van der Waals surface area contributed by atoms with Crippen LogP contribution in [-0.4, -0.2) is 17.6 Å². The molecule has 0 bridgehead atoms. The summed E-state index contributed by atoms with van der Waals surface area (Å²) in [7, 11) is 0. The van der Waals surface area contributed by atoms with Crippen LogP contribution in [0.4, 0.5) is 0 Å². The van der Waals surface area contributed by atoms with Gasteiger partial charge in [0.2, 0.25) is 0 Å². The van der Waals surface area contributed by atoms with E-state index in [1.807, 2.05) is 52.0 Å². The van der Waals surface area contributed by atoms with Gasteiger partial charge in [-0.25, -0.2) is 0 Å². The van der Waals surface area contributed by atoms with E-state index in [9.17, 15) is 4.79 Å². The van der Waals surface area contributed by atoms with Crippen molar-refractivity contribution in [3.63, 3.8) is 0 Å². The quantitative estimate of drug-likeness (QED) is 0.817. The second-order valence-electron chi connectivity index (χ2n) is 5.33. The Morgan fingerprint density at radius 1 is 1.41 bits per heavy atom. The van der Waals surface area contributed by atoms with Crippen LogP contribution in [0.1, 0.15) is 31.9 Å². The Labute approximate surface area is 103 Å². The lowest BCUT2D eigenvalue weighted by atomic mass is 10.0. The van der Waals surface area contributed by atoms with Gasteiger partial charge in [0.15, 0.2) is 0 Å². The minimum absolute atomic E-state index is 0.348. The molecule has 0 aliphatic rings. The van der Waals surface area contributed by atoms with Crippen molar-refractivity contribution in [3.8, 4) is 0 Å². The zero-order chi connectivity index (χ0) is 13.1. The molecule has 3 nitrogen and oxygen atoms in total. The van der Waals surface area contributed by atoms with Crippen molar-refractivity contribution < 1.29 is 9.53 Å². The summed E-state index contributed by atoms with van der Waals surface area (Å²) in [6.45, 7) is 7.53. The number of ether oxygens (including phenoxy) is 1. The Morgan fingerprint density at radius 2 is 2.06 bits per heavy atom. The molecule has 1 unspecified atom stereocenters. The van der Waals surface area contributed by atoms with Gasteiger partial charge in [-0.2, -0.15) is 0 Å². The molecule has 0 amide bonds. The predicted octanol–water partition coefficient (Wildman–Crippen LogP) is 2.21. The fourth-order valence-corrected chi connectivity index (χ4v) is 1.55. The molecule has 0 fully saturated rings. The average molecular weight is 235 g/mol. The van der Waals surface area contributed by atoms with Crippen molar-refractivity contribution in [2.45, 2.75) is 45.8 Å². The summed E-state index contributed by atoms with van der Waals surface area (Å²) in [4.78, 5) is 11.7. The third-order valence-electron chi connectivity index (χ3n) is 2.25. The summed E-state index contributed by atoms with van der Waals surface area (Å²) in [5.74, 6) is -0.348. The van der Waals surface area contributed by atoms with E-state index in [0.717, 1.165) is 5.56 Å². The largest absolute Gasteiger partial charge is 0.459 e. The van der Waals surface area contributed by atoms with Gasteiger partial charge in [0.1, 0.15) is 11.6 Å². The van der Waals surface area contributed by atoms with E-state index in [1.54, 1.807) is 0 Å². The topological polar surface area (TPSA) is 52.3 Å². The number of carbonyl (C=O) groups is 1. The molecule has 1 aromatic carbocycles. The molecule has 3 heteroatoms. The summed E-state index contributed by atoms with van der Waals surface area (Å²) >= 11 is 0. The first-order valence-electron chi connectivity index (χ1n) is 5.82. The van der Waals surface area contributed by atoms with Gasteiger partial charge in [-0.15, -0.1) is 0 Å². The number of carbonyl (C=O) groups excluding carboxylic acids is 1. The van der Waals surface area contributed by atoms with Crippen LogP contribution in [0.3, 0.4) is 0 Å². The Bertz CT molecular complexity index is 393. The van der Waals surface area contributed by atoms with Crippen molar-refractivity contribution in [2.24, 2.45) is 5.73 Å². The highest BCUT2D eigenvalue weighted by Gasteiger charge is 2.22. The number of hydrogen-bond donors (Lipinski definition) is 1. The van der Waals surface area contributed by atoms with Crippen LogP contribution in [0.2, 0.25) is 0 Å². The molecule has 0 aliphatic carbocycles. The Morgan fingerprint density at radius 3 is 2.59 bits per heavy atom. The van der Waals surface area contributed by atoms with Crippen molar-refractivity contribution >= 4 is 5.97 Å². The lowest BCUT2D eigenvalue weighted by Gasteiger charge is -2.22. The number of benzene rings is 1. The van der Waals surface area contributed by atoms with Crippen LogP contribution in [0.15, 0.2) is 24.3 Å². The molecule has 2 N–H and O–H groups in total. The Hall–Kier alpha value is -1.35. The predicted molar refractivity (Wildman–Crippen MR) is 68.7 cm³/mol. The first-order valence-corrected chi connectivity index (χ1v) is 5.82. The normalized spacial score (nSPS) is 13.2. The molecule has 1 atom stereocenters. The molecule has 0 saturated heterocycles. The lowest BCUT2D eigenvalue weighted by molar-refractivity contribution is -0.156. The first kappa shape index (κ1) is 13.7. The fourth-order valence-electron chi connectivity index (χ4n) is 1.55. The van der Waals surface area contributed by atoms with Gasteiger partial charge in [-0.3, -0.25) is 4.79 Å². The SMILES string of the molecule is Cc1cccc(CC(N)C(=O)OC(C)(C)C)c1. The van der Waals surface area contributed by atoms with Gasteiger partial charge >= 0.3 is 5.97 Å². The Balaban J connectivity index is 2.60. The monoisotopic (exact) mass is 235 g/mol. The van der Waals surface area contributed by atoms with Crippen molar-refractivity contribution in [3.05, 3.63) is 35.4 Å². The fraction of sp³-hybridized carbons (Fsp3) is 0.500. The molecule has 0 aliphatic heterocycles.